The Morgan fingerprint density at radius 1 is 1.55 bits per heavy atom. The maximum atomic E-state index is 11.7. The molecule has 0 radical (unpaired) electrons. The molecule has 1 unspecified atom stereocenters. The molecule has 0 saturated heterocycles. The highest BCUT2D eigenvalue weighted by Crippen LogP contribution is 2.11. The van der Waals surface area contributed by atoms with E-state index < -0.39 is 0 Å². The molecule has 0 fully saturated rings. The predicted octanol–water partition coefficient (Wildman–Crippen LogP) is 1.18. The summed E-state index contributed by atoms with van der Waals surface area (Å²) in [6, 6.07) is -0.376. The first-order valence-electron chi connectivity index (χ1n) is 6.36. The third-order valence-electron chi connectivity index (χ3n) is 2.74. The number of thiazole rings is 1. The molecule has 0 aromatic carbocycles. The lowest BCUT2D eigenvalue weighted by molar-refractivity contribution is 0.238. The van der Waals surface area contributed by atoms with E-state index in [1.807, 2.05) is 20.0 Å². The largest absolute Gasteiger partial charge is 0.338 e. The summed E-state index contributed by atoms with van der Waals surface area (Å²) in [5.74, 6) is 0. The van der Waals surface area contributed by atoms with Gasteiger partial charge in [0.25, 0.3) is 0 Å². The summed E-state index contributed by atoms with van der Waals surface area (Å²) in [5.41, 5.74) is 0.737. The molecule has 8 heteroatoms. The fraction of sp³-hybridized carbons (Fsp3) is 0.500. The molecule has 20 heavy (non-hydrogen) atoms. The first-order valence-corrected chi connectivity index (χ1v) is 7.18. The van der Waals surface area contributed by atoms with Crippen LogP contribution < -0.4 is 10.6 Å². The molecule has 2 amide bonds. The fourth-order valence-electron chi connectivity index (χ4n) is 1.71. The average Bonchev–Trinajstić information content (AvgIpc) is 2.98. The molecule has 2 N–H and O–H groups in total. The summed E-state index contributed by atoms with van der Waals surface area (Å²) in [7, 11) is 1.79. The number of carbonyl (C=O) groups excluding carboxylic acids is 1. The Hall–Kier alpha value is -1.96. The van der Waals surface area contributed by atoms with Crippen molar-refractivity contribution in [2.24, 2.45) is 7.05 Å². The summed E-state index contributed by atoms with van der Waals surface area (Å²) >= 11 is 1.65. The van der Waals surface area contributed by atoms with Crippen molar-refractivity contribution in [3.63, 3.8) is 0 Å². The molecule has 0 saturated carbocycles. The van der Waals surface area contributed by atoms with E-state index in [4.69, 9.17) is 0 Å². The van der Waals surface area contributed by atoms with Crippen molar-refractivity contribution in [1.82, 2.24) is 30.6 Å². The van der Waals surface area contributed by atoms with Crippen molar-refractivity contribution in [2.75, 3.05) is 6.54 Å². The van der Waals surface area contributed by atoms with Crippen LogP contribution in [0.2, 0.25) is 0 Å². The minimum Gasteiger partial charge on any atom is -0.338 e. The number of urea groups is 1. The highest BCUT2D eigenvalue weighted by atomic mass is 32.1. The number of hydrogen-bond donors (Lipinski definition) is 2. The van der Waals surface area contributed by atoms with Gasteiger partial charge in [0.2, 0.25) is 0 Å². The molecule has 0 aliphatic rings. The minimum absolute atomic E-state index is 0.172. The van der Waals surface area contributed by atoms with E-state index in [-0.39, 0.29) is 12.1 Å². The molecule has 7 nitrogen and oxygen atoms in total. The zero-order chi connectivity index (χ0) is 14.5. The Labute approximate surface area is 121 Å². The molecule has 2 rings (SSSR count). The molecule has 0 spiro atoms. The van der Waals surface area contributed by atoms with Crippen LogP contribution in [0.15, 0.2) is 12.4 Å². The Balaban J connectivity index is 1.72. The second kappa shape index (κ2) is 6.47. The SMILES string of the molecule is Cc1ncc(CCNC(=O)NC(C)c2cn(C)nn2)s1. The number of nitrogens with zero attached hydrogens (tertiary/aromatic N) is 4. The first kappa shape index (κ1) is 14.4. The van der Waals surface area contributed by atoms with Crippen molar-refractivity contribution in [1.29, 1.82) is 0 Å². The monoisotopic (exact) mass is 294 g/mol. The van der Waals surface area contributed by atoms with Crippen LogP contribution in [-0.2, 0) is 13.5 Å². The van der Waals surface area contributed by atoms with Crippen molar-refractivity contribution < 1.29 is 4.79 Å². The molecule has 2 heterocycles. The number of nitrogens with one attached hydrogen (secondary N) is 2. The van der Waals surface area contributed by atoms with Crippen molar-refractivity contribution in [2.45, 2.75) is 26.3 Å². The fourth-order valence-corrected chi connectivity index (χ4v) is 2.50. The van der Waals surface area contributed by atoms with Gasteiger partial charge in [-0.25, -0.2) is 9.78 Å². The Bertz CT molecular complexity index is 578. The second-order valence-corrected chi connectivity index (χ2v) is 5.85. The first-order chi connectivity index (χ1) is 9.54. The predicted molar refractivity (Wildman–Crippen MR) is 76.5 cm³/mol. The molecular formula is C12H18N6OS. The number of aryl methyl sites for hydroxylation is 2. The van der Waals surface area contributed by atoms with E-state index in [0.717, 1.165) is 17.1 Å². The van der Waals surface area contributed by atoms with Gasteiger partial charge >= 0.3 is 6.03 Å². The molecule has 2 aromatic rings. The van der Waals surface area contributed by atoms with Crippen LogP contribution in [0.5, 0.6) is 0 Å². The maximum Gasteiger partial charge on any atom is 0.315 e. The van der Waals surface area contributed by atoms with Gasteiger partial charge in [-0.2, -0.15) is 0 Å². The third kappa shape index (κ3) is 4.02. The highest BCUT2D eigenvalue weighted by molar-refractivity contribution is 7.11. The Morgan fingerprint density at radius 3 is 2.95 bits per heavy atom. The van der Waals surface area contributed by atoms with Crippen molar-refractivity contribution in [3.8, 4) is 0 Å². The van der Waals surface area contributed by atoms with Crippen LogP contribution in [0.3, 0.4) is 0 Å². The number of rotatable bonds is 5. The number of carbonyl (C=O) groups is 1. The van der Waals surface area contributed by atoms with Gasteiger partial charge in [-0.05, 0) is 13.8 Å². The van der Waals surface area contributed by atoms with Gasteiger partial charge in [0, 0.05) is 31.1 Å². The topological polar surface area (TPSA) is 84.7 Å². The van der Waals surface area contributed by atoms with Gasteiger partial charge in [-0.3, -0.25) is 4.68 Å². The molecule has 108 valence electrons. The molecular weight excluding hydrogens is 276 g/mol. The van der Waals surface area contributed by atoms with Gasteiger partial charge in [0.1, 0.15) is 5.69 Å². The lowest BCUT2D eigenvalue weighted by Crippen LogP contribution is -2.38. The lowest BCUT2D eigenvalue weighted by Gasteiger charge is -2.11. The van der Waals surface area contributed by atoms with Crippen molar-refractivity contribution >= 4 is 17.4 Å². The maximum absolute atomic E-state index is 11.7. The Kier molecular flexibility index (Phi) is 4.67. The highest BCUT2D eigenvalue weighted by Gasteiger charge is 2.12. The zero-order valence-electron chi connectivity index (χ0n) is 11.8. The second-order valence-electron chi connectivity index (χ2n) is 4.53. The summed E-state index contributed by atoms with van der Waals surface area (Å²) in [5, 5.41) is 14.5. The van der Waals surface area contributed by atoms with Crippen LogP contribution in [-0.4, -0.2) is 32.6 Å². The van der Waals surface area contributed by atoms with Crippen LogP contribution >= 0.6 is 11.3 Å². The van der Waals surface area contributed by atoms with Crippen LogP contribution in [0.1, 0.15) is 28.5 Å². The summed E-state index contributed by atoms with van der Waals surface area (Å²) in [6.45, 7) is 4.42. The van der Waals surface area contributed by atoms with Gasteiger partial charge in [0.15, 0.2) is 0 Å². The van der Waals surface area contributed by atoms with E-state index in [1.54, 1.807) is 29.3 Å². The third-order valence-corrected chi connectivity index (χ3v) is 3.71. The smallest absolute Gasteiger partial charge is 0.315 e. The molecule has 1 atom stereocenters. The van der Waals surface area contributed by atoms with Crippen LogP contribution in [0, 0.1) is 6.92 Å². The zero-order valence-corrected chi connectivity index (χ0v) is 12.6. The summed E-state index contributed by atoms with van der Waals surface area (Å²) < 4.78 is 1.61. The standard InChI is InChI=1S/C12H18N6OS/c1-8(11-7-18(3)17-16-11)15-12(19)13-5-4-10-6-14-9(2)20-10/h6-8H,4-5H2,1-3H3,(H2,13,15,19). The molecule has 2 aromatic heterocycles. The lowest BCUT2D eigenvalue weighted by atomic mass is 10.2. The van der Waals surface area contributed by atoms with Crippen molar-refractivity contribution in [3.05, 3.63) is 28.0 Å². The van der Waals surface area contributed by atoms with Gasteiger partial charge in [-0.15, -0.1) is 16.4 Å². The van der Waals surface area contributed by atoms with E-state index >= 15 is 0 Å². The van der Waals surface area contributed by atoms with E-state index in [9.17, 15) is 4.79 Å². The molecule has 0 aliphatic heterocycles. The minimum atomic E-state index is -0.204. The van der Waals surface area contributed by atoms with E-state index in [0.29, 0.717) is 6.54 Å². The van der Waals surface area contributed by atoms with Gasteiger partial charge < -0.3 is 10.6 Å². The average molecular weight is 294 g/mol. The van der Waals surface area contributed by atoms with Crippen LogP contribution in [0.25, 0.3) is 0 Å². The number of hydrogen-bond acceptors (Lipinski definition) is 5. The van der Waals surface area contributed by atoms with Gasteiger partial charge in [0.05, 0.1) is 17.2 Å². The van der Waals surface area contributed by atoms with E-state index in [2.05, 4.69) is 25.9 Å². The van der Waals surface area contributed by atoms with Crippen LogP contribution in [0.4, 0.5) is 4.79 Å². The quantitative estimate of drug-likeness (QED) is 0.867. The summed E-state index contributed by atoms with van der Waals surface area (Å²) in [6.07, 6.45) is 4.42. The Morgan fingerprint density at radius 2 is 2.35 bits per heavy atom. The molecule has 0 bridgehead atoms. The normalized spacial score (nSPS) is 12.2. The van der Waals surface area contributed by atoms with E-state index in [1.165, 1.54) is 4.88 Å². The summed E-state index contributed by atoms with van der Waals surface area (Å²) in [4.78, 5) is 17.1. The number of aromatic nitrogens is 4. The van der Waals surface area contributed by atoms with Gasteiger partial charge in [-0.1, -0.05) is 5.21 Å². The molecule has 0 aliphatic carbocycles. The number of amides is 2.